The number of nitrogens with zero attached hydrogens (tertiary/aromatic N) is 3. The van der Waals surface area contributed by atoms with Gasteiger partial charge >= 0.3 is 0 Å². The lowest BCUT2D eigenvalue weighted by atomic mass is 10.1. The monoisotopic (exact) mass is 439 g/mol. The first-order valence-corrected chi connectivity index (χ1v) is 11.3. The minimum Gasteiger partial charge on any atom is -0.488 e. The lowest BCUT2D eigenvalue weighted by molar-refractivity contribution is -0.00546. The number of rotatable bonds is 6. The molecule has 0 spiro atoms. The summed E-state index contributed by atoms with van der Waals surface area (Å²) in [5.74, 6) is 2.61. The van der Waals surface area contributed by atoms with Crippen molar-refractivity contribution in [2.75, 3.05) is 25.0 Å². The first kappa shape index (κ1) is 23.9. The number of hydrogen-bond donors (Lipinski definition) is 2. The highest BCUT2D eigenvalue weighted by Crippen LogP contribution is 2.23. The number of para-hydroxylation sites is 1. The molecular weight excluding hydrogens is 402 g/mol. The van der Waals surface area contributed by atoms with Crippen molar-refractivity contribution in [1.29, 1.82) is 0 Å². The topological polar surface area (TPSA) is 71.0 Å². The average Bonchev–Trinajstić information content (AvgIpc) is 2.73. The Bertz CT molecular complexity index is 882. The maximum absolute atomic E-state index is 6.08. The number of benzene rings is 1. The van der Waals surface area contributed by atoms with E-state index in [4.69, 9.17) is 9.47 Å². The van der Waals surface area contributed by atoms with Crippen molar-refractivity contribution in [3.8, 4) is 5.75 Å². The van der Waals surface area contributed by atoms with Crippen LogP contribution in [0.4, 0.5) is 5.82 Å². The van der Waals surface area contributed by atoms with Gasteiger partial charge in [-0.3, -0.25) is 4.99 Å². The molecule has 0 radical (unpaired) electrons. The van der Waals surface area contributed by atoms with Crippen LogP contribution in [0.1, 0.15) is 45.7 Å². The molecule has 174 valence electrons. The first-order valence-electron chi connectivity index (χ1n) is 11.3. The molecule has 1 aromatic heterocycles. The van der Waals surface area contributed by atoms with Crippen LogP contribution < -0.4 is 20.3 Å². The Morgan fingerprint density at radius 1 is 1.09 bits per heavy atom. The summed E-state index contributed by atoms with van der Waals surface area (Å²) < 4.78 is 11.9. The van der Waals surface area contributed by atoms with Crippen molar-refractivity contribution in [2.45, 2.75) is 65.5 Å². The number of aromatic nitrogens is 1. The lowest BCUT2D eigenvalue weighted by Crippen LogP contribution is -2.45. The summed E-state index contributed by atoms with van der Waals surface area (Å²) in [6, 6.07) is 12.3. The van der Waals surface area contributed by atoms with Gasteiger partial charge in [0.25, 0.3) is 0 Å². The Morgan fingerprint density at radius 3 is 2.41 bits per heavy atom. The zero-order valence-corrected chi connectivity index (χ0v) is 20.2. The van der Waals surface area contributed by atoms with Crippen molar-refractivity contribution in [3.05, 3.63) is 53.7 Å². The number of nitrogens with one attached hydrogen (secondary N) is 2. The maximum atomic E-state index is 6.08. The summed E-state index contributed by atoms with van der Waals surface area (Å²) in [6.07, 6.45) is 2.36. The molecule has 0 aliphatic carbocycles. The van der Waals surface area contributed by atoms with Crippen LogP contribution in [0.5, 0.6) is 5.75 Å². The van der Waals surface area contributed by atoms with E-state index in [1.807, 2.05) is 24.4 Å². The van der Waals surface area contributed by atoms with Gasteiger partial charge in [-0.15, -0.1) is 0 Å². The van der Waals surface area contributed by atoms with Crippen LogP contribution in [0.15, 0.2) is 47.6 Å². The van der Waals surface area contributed by atoms with Crippen LogP contribution in [0.25, 0.3) is 0 Å². The fourth-order valence-corrected chi connectivity index (χ4v) is 3.74. The summed E-state index contributed by atoms with van der Waals surface area (Å²) in [5.41, 5.74) is 1.94. The summed E-state index contributed by atoms with van der Waals surface area (Å²) in [4.78, 5) is 11.3. The Labute approximate surface area is 192 Å². The van der Waals surface area contributed by atoms with Crippen LogP contribution in [-0.2, 0) is 17.8 Å². The van der Waals surface area contributed by atoms with E-state index in [1.165, 1.54) is 0 Å². The van der Waals surface area contributed by atoms with Gasteiger partial charge in [-0.25, -0.2) is 4.98 Å². The van der Waals surface area contributed by atoms with E-state index in [2.05, 4.69) is 78.3 Å². The summed E-state index contributed by atoms with van der Waals surface area (Å²) in [6.45, 7) is 13.4. The Morgan fingerprint density at radius 2 is 1.78 bits per heavy atom. The highest BCUT2D eigenvalue weighted by atomic mass is 16.5. The molecule has 2 unspecified atom stereocenters. The van der Waals surface area contributed by atoms with Gasteiger partial charge in [0.15, 0.2) is 5.96 Å². The molecule has 2 N–H and O–H groups in total. The molecule has 7 heteroatoms. The number of ether oxygens (including phenoxy) is 2. The van der Waals surface area contributed by atoms with Gasteiger partial charge in [0.2, 0.25) is 0 Å². The van der Waals surface area contributed by atoms with Crippen LogP contribution in [0.2, 0.25) is 0 Å². The molecule has 32 heavy (non-hydrogen) atoms. The standard InChI is InChI=1S/C25H37N5O2/c1-18-16-30(17-19(2)31-18)23-12-11-20(13-27-23)14-28-24(26-6)29-15-21-9-7-8-10-22(21)32-25(3,4)5/h7-13,18-19H,14-17H2,1-6H3,(H2,26,28,29). The van der Waals surface area contributed by atoms with E-state index in [0.29, 0.717) is 13.1 Å². The third-order valence-corrected chi connectivity index (χ3v) is 5.07. The predicted octanol–water partition coefficient (Wildman–Crippen LogP) is 3.74. The van der Waals surface area contributed by atoms with Crippen molar-refractivity contribution in [1.82, 2.24) is 15.6 Å². The van der Waals surface area contributed by atoms with E-state index in [0.717, 1.165) is 41.7 Å². The second-order valence-electron chi connectivity index (χ2n) is 9.29. The zero-order chi connectivity index (χ0) is 23.1. The third kappa shape index (κ3) is 7.12. The number of pyridine rings is 1. The minimum atomic E-state index is -0.244. The molecule has 0 bridgehead atoms. The van der Waals surface area contributed by atoms with Crippen LogP contribution in [-0.4, -0.2) is 48.9 Å². The molecule has 2 aromatic rings. The normalized spacial score (nSPS) is 19.6. The van der Waals surface area contributed by atoms with Gasteiger partial charge in [-0.2, -0.15) is 0 Å². The predicted molar refractivity (Wildman–Crippen MR) is 130 cm³/mol. The molecule has 0 saturated carbocycles. The third-order valence-electron chi connectivity index (χ3n) is 5.07. The molecule has 1 fully saturated rings. The van der Waals surface area contributed by atoms with Crippen LogP contribution in [0, 0.1) is 0 Å². The van der Waals surface area contributed by atoms with E-state index in [1.54, 1.807) is 7.05 Å². The molecule has 2 heterocycles. The number of aliphatic imine (C=N–C) groups is 1. The minimum absolute atomic E-state index is 0.218. The highest BCUT2D eigenvalue weighted by Gasteiger charge is 2.23. The Kier molecular flexibility index (Phi) is 7.96. The Hall–Kier alpha value is -2.80. The molecule has 1 aliphatic rings. The van der Waals surface area contributed by atoms with Gasteiger partial charge in [-0.05, 0) is 52.3 Å². The number of morpholine rings is 1. The van der Waals surface area contributed by atoms with E-state index >= 15 is 0 Å². The van der Waals surface area contributed by atoms with Crippen LogP contribution >= 0.6 is 0 Å². The second-order valence-corrected chi connectivity index (χ2v) is 9.29. The van der Waals surface area contributed by atoms with Gasteiger partial charge in [0.1, 0.15) is 17.2 Å². The van der Waals surface area contributed by atoms with Crippen molar-refractivity contribution >= 4 is 11.8 Å². The maximum Gasteiger partial charge on any atom is 0.191 e. The fourth-order valence-electron chi connectivity index (χ4n) is 3.74. The van der Waals surface area contributed by atoms with Crippen molar-refractivity contribution in [3.63, 3.8) is 0 Å². The van der Waals surface area contributed by atoms with Gasteiger partial charge < -0.3 is 25.0 Å². The van der Waals surface area contributed by atoms with E-state index in [9.17, 15) is 0 Å². The SMILES string of the molecule is CN=C(NCc1ccc(N2CC(C)OC(C)C2)nc1)NCc1ccccc1OC(C)(C)C. The molecule has 7 nitrogen and oxygen atoms in total. The fraction of sp³-hybridized carbons (Fsp3) is 0.520. The lowest BCUT2D eigenvalue weighted by Gasteiger charge is -2.36. The number of guanidine groups is 1. The number of anilines is 1. The van der Waals surface area contributed by atoms with E-state index < -0.39 is 0 Å². The summed E-state index contributed by atoms with van der Waals surface area (Å²) >= 11 is 0. The second kappa shape index (κ2) is 10.7. The first-order chi connectivity index (χ1) is 15.2. The molecule has 1 aromatic carbocycles. The van der Waals surface area contributed by atoms with E-state index in [-0.39, 0.29) is 17.8 Å². The van der Waals surface area contributed by atoms with Gasteiger partial charge in [0, 0.05) is 45.0 Å². The quantitative estimate of drug-likeness (QED) is 0.528. The average molecular weight is 440 g/mol. The zero-order valence-electron chi connectivity index (χ0n) is 20.2. The largest absolute Gasteiger partial charge is 0.488 e. The van der Waals surface area contributed by atoms with Crippen molar-refractivity contribution < 1.29 is 9.47 Å². The highest BCUT2D eigenvalue weighted by molar-refractivity contribution is 5.79. The Balaban J connectivity index is 1.53. The van der Waals surface area contributed by atoms with Crippen molar-refractivity contribution in [2.24, 2.45) is 4.99 Å². The molecule has 0 amide bonds. The smallest absolute Gasteiger partial charge is 0.191 e. The molecule has 1 saturated heterocycles. The molecule has 1 aliphatic heterocycles. The van der Waals surface area contributed by atoms with Crippen LogP contribution in [0.3, 0.4) is 0 Å². The summed E-state index contributed by atoms with van der Waals surface area (Å²) in [5, 5.41) is 6.73. The summed E-state index contributed by atoms with van der Waals surface area (Å²) in [7, 11) is 1.77. The number of hydrogen-bond acceptors (Lipinski definition) is 5. The molecular formula is C25H37N5O2. The molecule has 3 rings (SSSR count). The van der Waals surface area contributed by atoms with Gasteiger partial charge in [-0.1, -0.05) is 24.3 Å². The molecule has 2 atom stereocenters. The van der Waals surface area contributed by atoms with Gasteiger partial charge in [0.05, 0.1) is 12.2 Å².